The summed E-state index contributed by atoms with van der Waals surface area (Å²) in [5, 5.41) is 26.5. The number of aromatic hydroxyl groups is 2. The Morgan fingerprint density at radius 1 is 0.860 bits per heavy atom. The third-order valence-electron chi connectivity index (χ3n) is 5.92. The first kappa shape index (κ1) is 30.5. The molecule has 0 saturated carbocycles. The van der Waals surface area contributed by atoms with Crippen molar-refractivity contribution in [2.45, 2.75) is 11.8 Å². The van der Waals surface area contributed by atoms with Gasteiger partial charge in [0.15, 0.2) is 34.6 Å². The highest BCUT2D eigenvalue weighted by Crippen LogP contribution is 2.28. The average Bonchev–Trinajstić information content (AvgIpc) is 3.39. The number of benzene rings is 3. The zero-order chi connectivity index (χ0) is 31.0. The van der Waals surface area contributed by atoms with E-state index in [4.69, 9.17) is 14.0 Å². The first-order valence-corrected chi connectivity index (χ1v) is 14.2. The molecule has 0 atom stereocenters. The summed E-state index contributed by atoms with van der Waals surface area (Å²) < 4.78 is 43.0. The number of ketones is 1. The first-order chi connectivity index (χ1) is 20.6. The van der Waals surface area contributed by atoms with E-state index in [9.17, 15) is 23.4 Å². The lowest BCUT2D eigenvalue weighted by Crippen LogP contribution is -2.13. The van der Waals surface area contributed by atoms with E-state index in [1.165, 1.54) is 56.7 Å². The number of carbonyl (C=O) groups is 1. The zero-order valence-corrected chi connectivity index (χ0v) is 24.3. The second kappa shape index (κ2) is 13.4. The number of phenolic OH excluding ortho intramolecular Hbond substituents is 2. The predicted octanol–water partition coefficient (Wildman–Crippen LogP) is 5.50. The van der Waals surface area contributed by atoms with Crippen LogP contribution in [-0.4, -0.2) is 43.8 Å². The Bertz CT molecular complexity index is 1810. The number of nitrogens with one attached hydrogen (secondary N) is 2. The molecule has 4 aromatic rings. The smallest absolute Gasteiger partial charge is 0.263 e. The molecule has 0 amide bonds. The van der Waals surface area contributed by atoms with Crippen LogP contribution in [0.5, 0.6) is 23.0 Å². The molecule has 1 heterocycles. The number of ether oxygens (including phenoxy) is 2. The number of allylic oxidation sites excluding steroid dienone is 3. The van der Waals surface area contributed by atoms with Gasteiger partial charge in [-0.1, -0.05) is 29.4 Å². The fourth-order valence-corrected chi connectivity index (χ4v) is 4.77. The molecule has 0 radical (unpaired) electrons. The molecule has 0 aliphatic rings. The van der Waals surface area contributed by atoms with Gasteiger partial charge in [0.1, 0.15) is 5.76 Å². The summed E-state index contributed by atoms with van der Waals surface area (Å²) in [7, 11) is -1.04. The Morgan fingerprint density at radius 3 is 1.98 bits per heavy atom. The van der Waals surface area contributed by atoms with Crippen molar-refractivity contribution in [1.82, 2.24) is 5.16 Å². The van der Waals surface area contributed by atoms with E-state index in [0.717, 1.165) is 0 Å². The predicted molar refractivity (Wildman–Crippen MR) is 163 cm³/mol. The minimum atomic E-state index is -3.91. The van der Waals surface area contributed by atoms with E-state index in [2.05, 4.69) is 15.2 Å². The van der Waals surface area contributed by atoms with Crippen molar-refractivity contribution >= 4 is 39.5 Å². The lowest BCUT2D eigenvalue weighted by Gasteiger charge is -2.10. The number of carbonyl (C=O) groups excluding carboxylic acids is 1. The number of nitrogens with zero attached hydrogens (tertiary/aromatic N) is 1. The van der Waals surface area contributed by atoms with Crippen LogP contribution in [0, 0.1) is 6.92 Å². The molecule has 4 N–H and O–H groups in total. The minimum absolute atomic E-state index is 0.000649. The van der Waals surface area contributed by atoms with Crippen LogP contribution in [-0.2, 0) is 14.8 Å². The molecule has 0 aliphatic heterocycles. The van der Waals surface area contributed by atoms with Crippen molar-refractivity contribution in [3.05, 3.63) is 108 Å². The van der Waals surface area contributed by atoms with Crippen LogP contribution in [0.2, 0.25) is 0 Å². The van der Waals surface area contributed by atoms with Crippen LogP contribution in [0.4, 0.5) is 11.5 Å². The summed E-state index contributed by atoms with van der Waals surface area (Å²) >= 11 is 0. The minimum Gasteiger partial charge on any atom is -0.504 e. The summed E-state index contributed by atoms with van der Waals surface area (Å²) in [5.41, 5.74) is 2.23. The fourth-order valence-electron chi connectivity index (χ4n) is 3.78. The summed E-state index contributed by atoms with van der Waals surface area (Å²) in [6, 6.07) is 16.9. The maximum Gasteiger partial charge on any atom is 0.263 e. The van der Waals surface area contributed by atoms with Gasteiger partial charge in [0.05, 0.1) is 19.1 Å². The van der Waals surface area contributed by atoms with Crippen LogP contribution in [0.25, 0.3) is 12.2 Å². The van der Waals surface area contributed by atoms with Crippen molar-refractivity contribution in [1.29, 1.82) is 0 Å². The Morgan fingerprint density at radius 2 is 1.44 bits per heavy atom. The number of hydrogen-bond donors (Lipinski definition) is 4. The second-order valence-electron chi connectivity index (χ2n) is 9.11. The summed E-state index contributed by atoms with van der Waals surface area (Å²) in [6.45, 7) is 1.65. The molecule has 4 rings (SSSR count). The summed E-state index contributed by atoms with van der Waals surface area (Å²) in [5.74, 6) is 0.709. The molecule has 0 unspecified atom stereocenters. The highest BCUT2D eigenvalue weighted by atomic mass is 32.2. The third-order valence-corrected chi connectivity index (χ3v) is 7.29. The van der Waals surface area contributed by atoms with Gasteiger partial charge in [0.25, 0.3) is 10.0 Å². The number of phenols is 2. The Hall–Kier alpha value is -5.49. The van der Waals surface area contributed by atoms with E-state index < -0.39 is 10.0 Å². The van der Waals surface area contributed by atoms with Crippen LogP contribution < -0.4 is 19.5 Å². The molecule has 11 nitrogen and oxygen atoms in total. The SMILES string of the molecule is COc1cc(/C=C/C(=O)/C=C(/C=C/c2ccc(O)c(OC)c2)Nc2ccc(S(=O)(=O)Nc3cc(C)on3)cc2)ccc1O. The summed E-state index contributed by atoms with van der Waals surface area (Å²) in [6.07, 6.45) is 7.67. The van der Waals surface area contributed by atoms with E-state index in [-0.39, 0.29) is 39.5 Å². The molecule has 12 heteroatoms. The van der Waals surface area contributed by atoms with Gasteiger partial charge in [0, 0.05) is 23.5 Å². The van der Waals surface area contributed by atoms with Crippen LogP contribution in [0.3, 0.4) is 0 Å². The number of aryl methyl sites for hydroxylation is 1. The fraction of sp³-hybridized carbons (Fsp3) is 0.0968. The molecule has 0 bridgehead atoms. The maximum absolute atomic E-state index is 12.9. The van der Waals surface area contributed by atoms with Gasteiger partial charge in [-0.15, -0.1) is 0 Å². The van der Waals surface area contributed by atoms with Gasteiger partial charge in [-0.3, -0.25) is 9.52 Å². The molecule has 1 aromatic heterocycles. The Kier molecular flexibility index (Phi) is 9.53. The normalized spacial score (nSPS) is 12.0. The molecule has 0 fully saturated rings. The van der Waals surface area contributed by atoms with Crippen molar-refractivity contribution in [3.63, 3.8) is 0 Å². The molecular weight excluding hydrogens is 574 g/mol. The molecule has 3 aromatic carbocycles. The van der Waals surface area contributed by atoms with Gasteiger partial charge in [0.2, 0.25) is 0 Å². The molecule has 222 valence electrons. The number of rotatable bonds is 12. The zero-order valence-electron chi connectivity index (χ0n) is 23.4. The van der Waals surface area contributed by atoms with Gasteiger partial charge in [-0.05, 0) is 78.7 Å². The highest BCUT2D eigenvalue weighted by Gasteiger charge is 2.16. The topological polar surface area (TPSA) is 160 Å². The number of aromatic nitrogens is 1. The van der Waals surface area contributed by atoms with Crippen LogP contribution in [0.15, 0.2) is 100 Å². The summed E-state index contributed by atoms with van der Waals surface area (Å²) in [4.78, 5) is 12.9. The van der Waals surface area contributed by atoms with E-state index in [1.54, 1.807) is 61.5 Å². The Balaban J connectivity index is 1.58. The van der Waals surface area contributed by atoms with E-state index >= 15 is 0 Å². The number of methoxy groups -OCH3 is 2. The van der Waals surface area contributed by atoms with Crippen molar-refractivity contribution < 1.29 is 37.4 Å². The van der Waals surface area contributed by atoms with Gasteiger partial charge < -0.3 is 29.5 Å². The average molecular weight is 604 g/mol. The van der Waals surface area contributed by atoms with Crippen LogP contribution >= 0.6 is 0 Å². The van der Waals surface area contributed by atoms with Crippen molar-refractivity contribution in [3.8, 4) is 23.0 Å². The largest absolute Gasteiger partial charge is 0.504 e. The molecule has 43 heavy (non-hydrogen) atoms. The van der Waals surface area contributed by atoms with Gasteiger partial charge in [-0.25, -0.2) is 8.42 Å². The molecule has 0 saturated heterocycles. The van der Waals surface area contributed by atoms with Crippen molar-refractivity contribution in [2.24, 2.45) is 0 Å². The monoisotopic (exact) mass is 603 g/mol. The van der Waals surface area contributed by atoms with E-state index in [0.29, 0.717) is 28.3 Å². The van der Waals surface area contributed by atoms with Crippen LogP contribution in [0.1, 0.15) is 16.9 Å². The second-order valence-corrected chi connectivity index (χ2v) is 10.8. The number of sulfonamides is 1. The Labute approximate surface area is 248 Å². The number of anilines is 2. The quantitative estimate of drug-likeness (QED) is 0.120. The lowest BCUT2D eigenvalue weighted by atomic mass is 10.1. The molecule has 0 aliphatic carbocycles. The highest BCUT2D eigenvalue weighted by molar-refractivity contribution is 7.92. The van der Waals surface area contributed by atoms with E-state index in [1.807, 2.05) is 0 Å². The number of hydrogen-bond acceptors (Lipinski definition) is 10. The van der Waals surface area contributed by atoms with Gasteiger partial charge >= 0.3 is 0 Å². The lowest BCUT2D eigenvalue weighted by molar-refractivity contribution is -0.110. The maximum atomic E-state index is 12.9. The van der Waals surface area contributed by atoms with Crippen molar-refractivity contribution in [2.75, 3.05) is 24.3 Å². The standard InChI is InChI=1S/C31H29N3O8S/c1-20-16-31(33-42-20)34-43(38,39)26-12-9-23(10-13-26)32-24(8-4-21-6-14-27(36)29(17-21)40-2)19-25(35)11-5-22-7-15-28(37)30(18-22)41-3/h4-19,32,36-37H,1-3H3,(H,33,34)/b8-4+,11-5+,24-19-. The van der Waals surface area contributed by atoms with Gasteiger partial charge in [-0.2, -0.15) is 0 Å². The third kappa shape index (κ3) is 8.27. The molecule has 0 spiro atoms. The molecular formula is C31H29N3O8S. The first-order valence-electron chi connectivity index (χ1n) is 12.8.